The molecule has 2 rings (SSSR count). The molecule has 0 unspecified atom stereocenters. The Hall–Kier alpha value is -2.44. The summed E-state index contributed by atoms with van der Waals surface area (Å²) >= 11 is 0. The number of anilines is 1. The van der Waals surface area contributed by atoms with Crippen molar-refractivity contribution in [3.05, 3.63) is 36.5 Å². The number of nitrogens with two attached hydrogens (primary N) is 1. The monoisotopic (exact) mass is 298 g/mol. The highest BCUT2D eigenvalue weighted by atomic mass is 19.4. The molecule has 1 aromatic carbocycles. The molecular weight excluding hydrogens is 285 g/mol. The summed E-state index contributed by atoms with van der Waals surface area (Å²) in [5.74, 6) is 0.495. The van der Waals surface area contributed by atoms with Crippen LogP contribution < -0.4 is 15.2 Å². The number of nitrogen functional groups attached to an aromatic ring is 1. The first-order valence-electron chi connectivity index (χ1n) is 5.98. The van der Waals surface area contributed by atoms with Crippen LogP contribution in [0.2, 0.25) is 0 Å². The van der Waals surface area contributed by atoms with Crippen LogP contribution in [0.25, 0.3) is 11.1 Å². The summed E-state index contributed by atoms with van der Waals surface area (Å²) in [6, 6.07) is 7.82. The van der Waals surface area contributed by atoms with Crippen LogP contribution in [0.1, 0.15) is 0 Å². The van der Waals surface area contributed by atoms with Gasteiger partial charge in [-0.1, -0.05) is 0 Å². The fourth-order valence-corrected chi connectivity index (χ4v) is 1.71. The van der Waals surface area contributed by atoms with E-state index in [2.05, 4.69) is 4.98 Å². The molecule has 1 heterocycles. The van der Waals surface area contributed by atoms with Crippen molar-refractivity contribution in [3.63, 3.8) is 0 Å². The van der Waals surface area contributed by atoms with E-state index in [-0.39, 0.29) is 5.75 Å². The van der Waals surface area contributed by atoms with E-state index in [1.165, 1.54) is 19.2 Å². The number of alkyl halides is 3. The molecule has 0 saturated heterocycles. The molecule has 2 aromatic rings. The van der Waals surface area contributed by atoms with Gasteiger partial charge in [-0.3, -0.25) is 0 Å². The standard InChI is InChI=1S/C14H13F3N2O2/c1-20-13-3-2-9(7-19-13)10-4-11(18)6-12(5-10)21-8-14(15,16)17/h2-7H,8,18H2,1H3. The van der Waals surface area contributed by atoms with Crippen molar-refractivity contribution < 1.29 is 22.6 Å². The number of pyridine rings is 1. The molecule has 0 radical (unpaired) electrons. The van der Waals surface area contributed by atoms with E-state index >= 15 is 0 Å². The molecule has 2 N–H and O–H groups in total. The molecule has 1 aromatic heterocycles. The van der Waals surface area contributed by atoms with Crippen molar-refractivity contribution in [1.29, 1.82) is 0 Å². The molecule has 0 fully saturated rings. The maximum Gasteiger partial charge on any atom is 0.422 e. The van der Waals surface area contributed by atoms with Crippen molar-refractivity contribution in [1.82, 2.24) is 4.98 Å². The van der Waals surface area contributed by atoms with Gasteiger partial charge >= 0.3 is 6.18 Å². The van der Waals surface area contributed by atoms with Gasteiger partial charge in [-0.25, -0.2) is 4.98 Å². The Balaban J connectivity index is 2.25. The number of hydrogen-bond donors (Lipinski definition) is 1. The molecule has 0 aliphatic rings. The molecule has 112 valence electrons. The predicted octanol–water partition coefficient (Wildman–Crippen LogP) is 3.28. The van der Waals surface area contributed by atoms with Crippen LogP contribution in [-0.4, -0.2) is 24.9 Å². The summed E-state index contributed by atoms with van der Waals surface area (Å²) in [6.07, 6.45) is -2.85. The minimum atomic E-state index is -4.40. The summed E-state index contributed by atoms with van der Waals surface area (Å²) < 4.78 is 46.2. The lowest BCUT2D eigenvalue weighted by atomic mass is 10.1. The summed E-state index contributed by atoms with van der Waals surface area (Å²) in [6.45, 7) is -1.36. The first kappa shape index (κ1) is 15.0. The van der Waals surface area contributed by atoms with E-state index in [0.717, 1.165) is 0 Å². The second-order valence-electron chi connectivity index (χ2n) is 4.28. The van der Waals surface area contributed by atoms with Crippen LogP contribution in [0.3, 0.4) is 0 Å². The van der Waals surface area contributed by atoms with E-state index in [1.54, 1.807) is 24.4 Å². The topological polar surface area (TPSA) is 57.4 Å². The zero-order valence-corrected chi connectivity index (χ0v) is 11.1. The highest BCUT2D eigenvalue weighted by Crippen LogP contribution is 2.28. The maximum atomic E-state index is 12.2. The second-order valence-corrected chi connectivity index (χ2v) is 4.28. The fourth-order valence-electron chi connectivity index (χ4n) is 1.71. The molecule has 0 bridgehead atoms. The number of ether oxygens (including phenoxy) is 2. The molecule has 4 nitrogen and oxygen atoms in total. The van der Waals surface area contributed by atoms with Crippen LogP contribution in [0.4, 0.5) is 18.9 Å². The Morgan fingerprint density at radius 3 is 2.48 bits per heavy atom. The highest BCUT2D eigenvalue weighted by Gasteiger charge is 2.28. The van der Waals surface area contributed by atoms with Gasteiger partial charge in [0, 0.05) is 29.6 Å². The van der Waals surface area contributed by atoms with Gasteiger partial charge < -0.3 is 15.2 Å². The first-order chi connectivity index (χ1) is 9.87. The normalized spacial score (nSPS) is 11.2. The Kier molecular flexibility index (Phi) is 4.21. The Morgan fingerprint density at radius 1 is 1.14 bits per heavy atom. The molecular formula is C14H13F3N2O2. The highest BCUT2D eigenvalue weighted by molar-refractivity contribution is 5.69. The summed E-state index contributed by atoms with van der Waals surface area (Å²) in [4.78, 5) is 4.03. The van der Waals surface area contributed by atoms with Crippen molar-refractivity contribution in [3.8, 4) is 22.8 Å². The quantitative estimate of drug-likeness (QED) is 0.880. The molecule has 0 atom stereocenters. The zero-order chi connectivity index (χ0) is 15.5. The first-order valence-corrected chi connectivity index (χ1v) is 5.98. The van der Waals surface area contributed by atoms with Gasteiger partial charge in [0.05, 0.1) is 7.11 Å². The Bertz CT molecular complexity index is 613. The molecule has 21 heavy (non-hydrogen) atoms. The number of hydrogen-bond acceptors (Lipinski definition) is 4. The molecule has 7 heteroatoms. The third-order valence-corrected chi connectivity index (χ3v) is 2.61. The van der Waals surface area contributed by atoms with Gasteiger partial charge in [-0.15, -0.1) is 0 Å². The van der Waals surface area contributed by atoms with Crippen LogP contribution in [0.5, 0.6) is 11.6 Å². The predicted molar refractivity (Wildman–Crippen MR) is 72.2 cm³/mol. The summed E-state index contributed by atoms with van der Waals surface area (Å²) in [5, 5.41) is 0. The van der Waals surface area contributed by atoms with Gasteiger partial charge in [0.15, 0.2) is 6.61 Å². The largest absolute Gasteiger partial charge is 0.484 e. The van der Waals surface area contributed by atoms with Crippen molar-refractivity contribution in [2.75, 3.05) is 19.5 Å². The number of benzene rings is 1. The smallest absolute Gasteiger partial charge is 0.422 e. The van der Waals surface area contributed by atoms with Crippen LogP contribution in [-0.2, 0) is 0 Å². The third-order valence-electron chi connectivity index (χ3n) is 2.61. The lowest BCUT2D eigenvalue weighted by Crippen LogP contribution is -2.19. The Labute approximate surface area is 119 Å². The number of methoxy groups -OCH3 is 1. The number of halogens is 3. The van der Waals surface area contributed by atoms with E-state index in [4.69, 9.17) is 15.2 Å². The van der Waals surface area contributed by atoms with Gasteiger partial charge in [0.25, 0.3) is 0 Å². The SMILES string of the molecule is COc1ccc(-c2cc(N)cc(OCC(F)(F)F)c2)cn1. The molecule has 0 spiro atoms. The second kappa shape index (κ2) is 5.90. The van der Waals surface area contributed by atoms with E-state index in [0.29, 0.717) is 22.7 Å². The van der Waals surface area contributed by atoms with Gasteiger partial charge in [0.1, 0.15) is 5.75 Å². The van der Waals surface area contributed by atoms with Gasteiger partial charge in [-0.2, -0.15) is 13.2 Å². The van der Waals surface area contributed by atoms with Crippen molar-refractivity contribution >= 4 is 5.69 Å². The molecule has 0 amide bonds. The minimum Gasteiger partial charge on any atom is -0.484 e. The van der Waals surface area contributed by atoms with E-state index in [9.17, 15) is 13.2 Å². The lowest BCUT2D eigenvalue weighted by molar-refractivity contribution is -0.153. The number of aromatic nitrogens is 1. The van der Waals surface area contributed by atoms with E-state index < -0.39 is 12.8 Å². The third kappa shape index (κ3) is 4.27. The average molecular weight is 298 g/mol. The zero-order valence-electron chi connectivity index (χ0n) is 11.1. The number of nitrogens with zero attached hydrogens (tertiary/aromatic N) is 1. The lowest BCUT2D eigenvalue weighted by Gasteiger charge is -2.11. The average Bonchev–Trinajstić information content (AvgIpc) is 2.44. The van der Waals surface area contributed by atoms with E-state index in [1.807, 2.05) is 0 Å². The van der Waals surface area contributed by atoms with Crippen LogP contribution in [0.15, 0.2) is 36.5 Å². The van der Waals surface area contributed by atoms with Crippen LogP contribution in [0, 0.1) is 0 Å². The fraction of sp³-hybridized carbons (Fsp3) is 0.214. The summed E-state index contributed by atoms with van der Waals surface area (Å²) in [7, 11) is 1.49. The van der Waals surface area contributed by atoms with Gasteiger partial charge in [-0.05, 0) is 23.8 Å². The van der Waals surface area contributed by atoms with Crippen LogP contribution >= 0.6 is 0 Å². The minimum absolute atomic E-state index is 0.0538. The summed E-state index contributed by atoms with van der Waals surface area (Å²) in [5.41, 5.74) is 7.30. The van der Waals surface area contributed by atoms with Crippen molar-refractivity contribution in [2.24, 2.45) is 0 Å². The van der Waals surface area contributed by atoms with Crippen molar-refractivity contribution in [2.45, 2.75) is 6.18 Å². The molecule has 0 aliphatic heterocycles. The maximum absolute atomic E-state index is 12.2. The molecule has 0 saturated carbocycles. The van der Waals surface area contributed by atoms with Gasteiger partial charge in [0.2, 0.25) is 5.88 Å². The Morgan fingerprint density at radius 2 is 1.90 bits per heavy atom. The molecule has 0 aliphatic carbocycles. The number of rotatable bonds is 4.